The van der Waals surface area contributed by atoms with E-state index in [2.05, 4.69) is 0 Å². The lowest BCUT2D eigenvalue weighted by Gasteiger charge is -2.15. The molecular weight excluding hydrogens is 226 g/mol. The fraction of sp³-hybridized carbons (Fsp3) is 0.267. The molecule has 0 aliphatic rings. The first-order valence-corrected chi connectivity index (χ1v) is 6.04. The summed E-state index contributed by atoms with van der Waals surface area (Å²) >= 11 is 0. The summed E-state index contributed by atoms with van der Waals surface area (Å²) in [6, 6.07) is 12.8. The Morgan fingerprint density at radius 3 is 2.50 bits per heavy atom. The van der Waals surface area contributed by atoms with Crippen LogP contribution in [0.3, 0.4) is 0 Å². The minimum atomic E-state index is -0.594. The molecule has 0 amide bonds. The highest BCUT2D eigenvalue weighted by Crippen LogP contribution is 2.25. The third-order valence-corrected chi connectivity index (χ3v) is 2.95. The quantitative estimate of drug-likeness (QED) is 0.666. The van der Waals surface area contributed by atoms with Gasteiger partial charge in [-0.1, -0.05) is 50.2 Å². The summed E-state index contributed by atoms with van der Waals surface area (Å²) in [7, 11) is 0. The average Bonchev–Trinajstić information content (AvgIpc) is 2.38. The first kappa shape index (κ1) is 12.6. The molecule has 0 saturated heterocycles. The van der Waals surface area contributed by atoms with Crippen LogP contribution in [0.15, 0.2) is 42.5 Å². The minimum Gasteiger partial charge on any atom is -0.425 e. The number of hydrogen-bond donors (Lipinski definition) is 1. The summed E-state index contributed by atoms with van der Waals surface area (Å²) in [5.41, 5.74) is 5.78. The van der Waals surface area contributed by atoms with Crippen molar-refractivity contribution in [1.29, 1.82) is 0 Å². The maximum atomic E-state index is 11.9. The Hall–Kier alpha value is -1.87. The van der Waals surface area contributed by atoms with Crippen molar-refractivity contribution in [2.45, 2.75) is 19.9 Å². The summed E-state index contributed by atoms with van der Waals surface area (Å²) in [5.74, 6) is 0.239. The molecule has 0 bridgehead atoms. The summed E-state index contributed by atoms with van der Waals surface area (Å²) in [4.78, 5) is 11.9. The predicted molar refractivity (Wildman–Crippen MR) is 72.4 cm³/mol. The SMILES string of the molecule is CC(C)C(N)C(=O)Oc1cccc2ccccc12. The molecule has 2 rings (SSSR count). The van der Waals surface area contributed by atoms with E-state index in [0.717, 1.165) is 10.8 Å². The van der Waals surface area contributed by atoms with Crippen LogP contribution in [0.25, 0.3) is 10.8 Å². The predicted octanol–water partition coefficient (Wildman–Crippen LogP) is 2.73. The second kappa shape index (κ2) is 5.19. The Morgan fingerprint density at radius 1 is 1.11 bits per heavy atom. The fourth-order valence-electron chi connectivity index (χ4n) is 1.73. The van der Waals surface area contributed by atoms with E-state index >= 15 is 0 Å². The summed E-state index contributed by atoms with van der Waals surface area (Å²) < 4.78 is 5.39. The first-order valence-electron chi connectivity index (χ1n) is 6.04. The zero-order valence-corrected chi connectivity index (χ0v) is 10.6. The van der Waals surface area contributed by atoms with Crippen LogP contribution >= 0.6 is 0 Å². The average molecular weight is 243 g/mol. The molecule has 0 saturated carbocycles. The molecule has 2 aromatic carbocycles. The lowest BCUT2D eigenvalue weighted by atomic mass is 10.1. The Morgan fingerprint density at radius 2 is 1.78 bits per heavy atom. The van der Waals surface area contributed by atoms with Gasteiger partial charge in [0.15, 0.2) is 0 Å². The number of carbonyl (C=O) groups is 1. The fourth-order valence-corrected chi connectivity index (χ4v) is 1.73. The van der Waals surface area contributed by atoms with Crippen LogP contribution in [0, 0.1) is 5.92 Å². The number of esters is 1. The molecular formula is C15H17NO2. The Balaban J connectivity index is 2.30. The minimum absolute atomic E-state index is 0.0625. The molecule has 3 nitrogen and oxygen atoms in total. The van der Waals surface area contributed by atoms with Gasteiger partial charge in [0.2, 0.25) is 0 Å². The third kappa shape index (κ3) is 2.51. The van der Waals surface area contributed by atoms with Crippen molar-refractivity contribution in [3.05, 3.63) is 42.5 Å². The number of benzene rings is 2. The Labute approximate surface area is 107 Å². The lowest BCUT2D eigenvalue weighted by Crippen LogP contribution is -2.38. The third-order valence-electron chi connectivity index (χ3n) is 2.95. The van der Waals surface area contributed by atoms with Crippen molar-refractivity contribution < 1.29 is 9.53 Å². The zero-order valence-electron chi connectivity index (χ0n) is 10.6. The number of carbonyl (C=O) groups excluding carboxylic acids is 1. The number of hydrogen-bond acceptors (Lipinski definition) is 3. The van der Waals surface area contributed by atoms with Crippen LogP contribution in [0.4, 0.5) is 0 Å². The van der Waals surface area contributed by atoms with E-state index in [-0.39, 0.29) is 11.9 Å². The van der Waals surface area contributed by atoms with Crippen molar-refractivity contribution in [2.75, 3.05) is 0 Å². The number of ether oxygens (including phenoxy) is 1. The molecule has 0 aliphatic heterocycles. The van der Waals surface area contributed by atoms with E-state index in [0.29, 0.717) is 5.75 Å². The van der Waals surface area contributed by atoms with Gasteiger partial charge in [-0.2, -0.15) is 0 Å². The van der Waals surface area contributed by atoms with Gasteiger partial charge in [-0.05, 0) is 17.4 Å². The number of fused-ring (bicyclic) bond motifs is 1. The molecule has 18 heavy (non-hydrogen) atoms. The first-order chi connectivity index (χ1) is 8.59. The molecule has 1 atom stereocenters. The summed E-state index contributed by atoms with van der Waals surface area (Å²) in [6.45, 7) is 3.80. The summed E-state index contributed by atoms with van der Waals surface area (Å²) in [6.07, 6.45) is 0. The van der Waals surface area contributed by atoms with Crippen molar-refractivity contribution in [1.82, 2.24) is 0 Å². The molecule has 0 heterocycles. The molecule has 3 heteroatoms. The van der Waals surface area contributed by atoms with Gasteiger partial charge in [-0.3, -0.25) is 0 Å². The highest BCUT2D eigenvalue weighted by Gasteiger charge is 2.20. The largest absolute Gasteiger partial charge is 0.425 e. The molecule has 94 valence electrons. The van der Waals surface area contributed by atoms with E-state index in [4.69, 9.17) is 10.5 Å². The molecule has 1 unspecified atom stereocenters. The van der Waals surface area contributed by atoms with Gasteiger partial charge in [0.1, 0.15) is 11.8 Å². The van der Waals surface area contributed by atoms with Gasteiger partial charge < -0.3 is 10.5 Å². The standard InChI is InChI=1S/C15H17NO2/c1-10(2)14(16)15(17)18-13-9-5-7-11-6-3-4-8-12(11)13/h3-10,14H,16H2,1-2H3. The topological polar surface area (TPSA) is 52.3 Å². The smallest absolute Gasteiger partial charge is 0.328 e. The maximum absolute atomic E-state index is 11.9. The van der Waals surface area contributed by atoms with Crippen LogP contribution < -0.4 is 10.5 Å². The van der Waals surface area contributed by atoms with Crippen molar-refractivity contribution in [3.8, 4) is 5.75 Å². The van der Waals surface area contributed by atoms with Gasteiger partial charge in [0.25, 0.3) is 0 Å². The van der Waals surface area contributed by atoms with Gasteiger partial charge in [0, 0.05) is 5.39 Å². The molecule has 0 aromatic heterocycles. The summed E-state index contributed by atoms with van der Waals surface area (Å²) in [5, 5.41) is 1.96. The van der Waals surface area contributed by atoms with Gasteiger partial charge in [-0.25, -0.2) is 4.79 Å². The van der Waals surface area contributed by atoms with Crippen LogP contribution in [0.1, 0.15) is 13.8 Å². The highest BCUT2D eigenvalue weighted by molar-refractivity contribution is 5.91. The Bertz CT molecular complexity index is 558. The van der Waals surface area contributed by atoms with E-state index in [1.165, 1.54) is 0 Å². The molecule has 0 fully saturated rings. The van der Waals surface area contributed by atoms with E-state index in [1.807, 2.05) is 50.2 Å². The Kier molecular flexibility index (Phi) is 3.63. The maximum Gasteiger partial charge on any atom is 0.328 e. The molecule has 0 aliphatic carbocycles. The second-order valence-corrected chi connectivity index (χ2v) is 4.67. The van der Waals surface area contributed by atoms with Gasteiger partial charge in [0.05, 0.1) is 0 Å². The van der Waals surface area contributed by atoms with Crippen LogP contribution in [0.5, 0.6) is 5.75 Å². The monoisotopic (exact) mass is 243 g/mol. The number of rotatable bonds is 3. The van der Waals surface area contributed by atoms with Crippen molar-refractivity contribution >= 4 is 16.7 Å². The van der Waals surface area contributed by atoms with Crippen molar-refractivity contribution in [3.63, 3.8) is 0 Å². The molecule has 0 radical (unpaired) electrons. The zero-order chi connectivity index (χ0) is 13.1. The van der Waals surface area contributed by atoms with Crippen molar-refractivity contribution in [2.24, 2.45) is 11.7 Å². The lowest BCUT2D eigenvalue weighted by molar-refractivity contribution is -0.136. The van der Waals surface area contributed by atoms with Crippen LogP contribution in [0.2, 0.25) is 0 Å². The van der Waals surface area contributed by atoms with E-state index in [9.17, 15) is 4.79 Å². The normalized spacial score (nSPS) is 12.7. The van der Waals surface area contributed by atoms with Gasteiger partial charge >= 0.3 is 5.97 Å². The van der Waals surface area contributed by atoms with Crippen LogP contribution in [-0.4, -0.2) is 12.0 Å². The van der Waals surface area contributed by atoms with E-state index in [1.54, 1.807) is 6.07 Å². The number of nitrogens with two attached hydrogens (primary N) is 1. The molecule has 2 N–H and O–H groups in total. The highest BCUT2D eigenvalue weighted by atomic mass is 16.5. The molecule has 0 spiro atoms. The van der Waals surface area contributed by atoms with Gasteiger partial charge in [-0.15, -0.1) is 0 Å². The second-order valence-electron chi connectivity index (χ2n) is 4.67. The van der Waals surface area contributed by atoms with Crippen LogP contribution in [-0.2, 0) is 4.79 Å². The van der Waals surface area contributed by atoms with E-state index < -0.39 is 6.04 Å². The molecule has 2 aromatic rings.